The third kappa shape index (κ3) is 2.66. The highest BCUT2D eigenvalue weighted by atomic mass is 32.2. The summed E-state index contributed by atoms with van der Waals surface area (Å²) >= 11 is 0. The molecular formula is C8H14FNOS. The van der Waals surface area contributed by atoms with Crippen LogP contribution >= 0.6 is 0 Å². The molecule has 1 aliphatic carbocycles. The molecule has 0 unspecified atom stereocenters. The average Bonchev–Trinajstić information content (AvgIpc) is 2.62. The second kappa shape index (κ2) is 2.91. The SMILES string of the molecule is CC(C)(C)[S@@](=O)/N=C/C1(F)CC1. The van der Waals surface area contributed by atoms with Crippen molar-refractivity contribution in [3.05, 3.63) is 0 Å². The molecule has 12 heavy (non-hydrogen) atoms. The molecule has 4 heteroatoms. The zero-order chi connectivity index (χ0) is 9.41. The Bertz CT molecular complexity index is 228. The van der Waals surface area contributed by atoms with Gasteiger partial charge in [-0.2, -0.15) is 4.40 Å². The molecule has 0 saturated heterocycles. The van der Waals surface area contributed by atoms with E-state index in [0.29, 0.717) is 12.8 Å². The van der Waals surface area contributed by atoms with Gasteiger partial charge in [0.15, 0.2) is 0 Å². The molecule has 1 rings (SSSR count). The van der Waals surface area contributed by atoms with Crippen LogP contribution < -0.4 is 0 Å². The Hall–Kier alpha value is -0.250. The minimum absolute atomic E-state index is 0.387. The maximum Gasteiger partial charge on any atom is 0.147 e. The largest absolute Gasteiger partial charge is 0.238 e. The van der Waals surface area contributed by atoms with Crippen molar-refractivity contribution >= 4 is 17.2 Å². The molecule has 0 amide bonds. The molecule has 0 heterocycles. The van der Waals surface area contributed by atoms with Crippen LogP contribution in [-0.4, -0.2) is 20.8 Å². The van der Waals surface area contributed by atoms with Crippen molar-refractivity contribution in [3.63, 3.8) is 0 Å². The summed E-state index contributed by atoms with van der Waals surface area (Å²) in [5.41, 5.74) is -1.24. The standard InChI is InChI=1S/C8H14FNOS/c1-7(2,3)12(11)10-6-8(9)4-5-8/h6H,4-5H2,1-3H3/b10-6+/t12-/m1/s1. The molecule has 1 atom stereocenters. The van der Waals surface area contributed by atoms with Gasteiger partial charge < -0.3 is 0 Å². The molecule has 1 aliphatic rings. The van der Waals surface area contributed by atoms with Crippen molar-refractivity contribution in [1.29, 1.82) is 0 Å². The molecule has 70 valence electrons. The fourth-order valence-electron chi connectivity index (χ4n) is 0.549. The number of hydrogen-bond acceptors (Lipinski definition) is 1. The van der Waals surface area contributed by atoms with Crippen molar-refractivity contribution < 1.29 is 8.60 Å². The van der Waals surface area contributed by atoms with E-state index in [2.05, 4.69) is 4.40 Å². The van der Waals surface area contributed by atoms with Crippen LogP contribution in [0.15, 0.2) is 4.40 Å². The minimum Gasteiger partial charge on any atom is -0.238 e. The summed E-state index contributed by atoms with van der Waals surface area (Å²) in [5.74, 6) is 0. The normalized spacial score (nSPS) is 24.3. The van der Waals surface area contributed by atoms with Gasteiger partial charge in [0.1, 0.15) is 16.7 Å². The quantitative estimate of drug-likeness (QED) is 0.614. The lowest BCUT2D eigenvalue weighted by molar-refractivity contribution is 0.414. The van der Waals surface area contributed by atoms with E-state index in [1.807, 2.05) is 20.8 Å². The lowest BCUT2D eigenvalue weighted by Gasteiger charge is -2.12. The van der Waals surface area contributed by atoms with E-state index in [1.54, 1.807) is 0 Å². The number of hydrogen-bond donors (Lipinski definition) is 0. The van der Waals surface area contributed by atoms with Gasteiger partial charge in [-0.15, -0.1) is 0 Å². The van der Waals surface area contributed by atoms with E-state index >= 15 is 0 Å². The first-order valence-corrected chi connectivity index (χ1v) is 5.10. The Balaban J connectivity index is 2.51. The zero-order valence-electron chi connectivity index (χ0n) is 7.63. The summed E-state index contributed by atoms with van der Waals surface area (Å²) in [4.78, 5) is 0. The van der Waals surface area contributed by atoms with Gasteiger partial charge in [-0.05, 0) is 33.6 Å². The maximum absolute atomic E-state index is 13.0. The first kappa shape index (κ1) is 9.84. The molecule has 0 spiro atoms. The second-order valence-corrected chi connectivity index (χ2v) is 6.06. The van der Waals surface area contributed by atoms with E-state index in [-0.39, 0.29) is 4.75 Å². The summed E-state index contributed by atoms with van der Waals surface area (Å²) in [5, 5.41) is 0. The molecule has 0 N–H and O–H groups in total. The van der Waals surface area contributed by atoms with Crippen molar-refractivity contribution in [2.75, 3.05) is 0 Å². The smallest absolute Gasteiger partial charge is 0.147 e. The minimum atomic E-state index is -1.31. The fourth-order valence-corrected chi connectivity index (χ4v) is 1.15. The van der Waals surface area contributed by atoms with Crippen molar-refractivity contribution in [2.24, 2.45) is 4.40 Å². The van der Waals surface area contributed by atoms with E-state index in [0.717, 1.165) is 0 Å². The van der Waals surface area contributed by atoms with Crippen LogP contribution in [0.5, 0.6) is 0 Å². The van der Waals surface area contributed by atoms with Gasteiger partial charge in [0.25, 0.3) is 0 Å². The van der Waals surface area contributed by atoms with E-state index in [4.69, 9.17) is 0 Å². The monoisotopic (exact) mass is 191 g/mol. The Morgan fingerprint density at radius 1 is 1.50 bits per heavy atom. The summed E-state index contributed by atoms with van der Waals surface area (Å²) in [6.45, 7) is 5.45. The van der Waals surface area contributed by atoms with Gasteiger partial charge >= 0.3 is 0 Å². The molecule has 0 aliphatic heterocycles. The van der Waals surface area contributed by atoms with Crippen LogP contribution in [0.25, 0.3) is 0 Å². The van der Waals surface area contributed by atoms with Crippen LogP contribution in [0.1, 0.15) is 33.6 Å². The van der Waals surface area contributed by atoms with Crippen LogP contribution in [-0.2, 0) is 11.0 Å². The maximum atomic E-state index is 13.0. The first-order valence-electron chi connectivity index (χ1n) is 4.00. The molecule has 0 aromatic heterocycles. The average molecular weight is 191 g/mol. The highest BCUT2D eigenvalue weighted by Crippen LogP contribution is 2.37. The van der Waals surface area contributed by atoms with Gasteiger partial charge in [-0.25, -0.2) is 8.60 Å². The van der Waals surface area contributed by atoms with Crippen molar-refractivity contribution in [1.82, 2.24) is 0 Å². The molecule has 1 fully saturated rings. The molecule has 0 bridgehead atoms. The topological polar surface area (TPSA) is 29.4 Å². The third-order valence-corrected chi connectivity index (χ3v) is 2.98. The first-order chi connectivity index (χ1) is 5.33. The fraction of sp³-hybridized carbons (Fsp3) is 0.875. The zero-order valence-corrected chi connectivity index (χ0v) is 8.45. The van der Waals surface area contributed by atoms with Crippen molar-refractivity contribution in [2.45, 2.75) is 44.0 Å². The van der Waals surface area contributed by atoms with Gasteiger partial charge in [0.05, 0.1) is 11.0 Å². The molecule has 0 aromatic rings. The van der Waals surface area contributed by atoms with Crippen LogP contribution in [0.3, 0.4) is 0 Å². The van der Waals surface area contributed by atoms with Crippen LogP contribution in [0, 0.1) is 0 Å². The second-order valence-electron chi connectivity index (χ2n) is 4.13. The van der Waals surface area contributed by atoms with Gasteiger partial charge in [-0.3, -0.25) is 0 Å². The van der Waals surface area contributed by atoms with Gasteiger partial charge in [0.2, 0.25) is 0 Å². The highest BCUT2D eigenvalue weighted by molar-refractivity contribution is 7.85. The third-order valence-electron chi connectivity index (χ3n) is 1.63. The summed E-state index contributed by atoms with van der Waals surface area (Å²) < 4.78 is 27.6. The Morgan fingerprint density at radius 2 is 2.00 bits per heavy atom. The summed E-state index contributed by atoms with van der Waals surface area (Å²) in [6.07, 6.45) is 2.25. The molecule has 0 aromatic carbocycles. The lowest BCUT2D eigenvalue weighted by atomic mass is 10.3. The number of alkyl halides is 1. The molecule has 1 saturated carbocycles. The highest BCUT2D eigenvalue weighted by Gasteiger charge is 2.41. The van der Waals surface area contributed by atoms with Crippen LogP contribution in [0.4, 0.5) is 4.39 Å². The van der Waals surface area contributed by atoms with E-state index < -0.39 is 16.7 Å². The summed E-state index contributed by atoms with van der Waals surface area (Å²) in [7, 11) is -1.31. The number of nitrogens with zero attached hydrogens (tertiary/aromatic N) is 1. The van der Waals surface area contributed by atoms with E-state index in [1.165, 1.54) is 6.21 Å². The van der Waals surface area contributed by atoms with Gasteiger partial charge in [0, 0.05) is 0 Å². The predicted octanol–water partition coefficient (Wildman–Crippen LogP) is 2.02. The molecule has 0 radical (unpaired) electrons. The Labute approximate surface area is 74.9 Å². The number of halogens is 1. The van der Waals surface area contributed by atoms with E-state index in [9.17, 15) is 8.60 Å². The number of rotatable bonds is 2. The Morgan fingerprint density at radius 3 is 2.33 bits per heavy atom. The van der Waals surface area contributed by atoms with Crippen molar-refractivity contribution in [3.8, 4) is 0 Å². The van der Waals surface area contributed by atoms with Gasteiger partial charge in [-0.1, -0.05) is 0 Å². The molecular weight excluding hydrogens is 177 g/mol. The lowest BCUT2D eigenvalue weighted by Crippen LogP contribution is -2.20. The Kier molecular flexibility index (Phi) is 2.38. The summed E-state index contributed by atoms with van der Waals surface area (Å²) in [6, 6.07) is 0. The van der Waals surface area contributed by atoms with Crippen LogP contribution in [0.2, 0.25) is 0 Å². The molecule has 2 nitrogen and oxygen atoms in total. The predicted molar refractivity (Wildman–Crippen MR) is 49.5 cm³/mol.